The summed E-state index contributed by atoms with van der Waals surface area (Å²) in [6.45, 7) is 2.61. The number of hydrogen-bond donors (Lipinski definition) is 2. The first kappa shape index (κ1) is 11.7. The Kier molecular flexibility index (Phi) is 4.33. The van der Waals surface area contributed by atoms with Crippen molar-refractivity contribution < 1.29 is 13.9 Å². The average Bonchev–Trinajstić information content (AvgIpc) is 2.73. The van der Waals surface area contributed by atoms with E-state index in [0.717, 1.165) is 0 Å². The first-order chi connectivity index (χ1) is 7.17. The van der Waals surface area contributed by atoms with Gasteiger partial charge in [0, 0.05) is 13.7 Å². The molecule has 3 N–H and O–H groups in total. The molecule has 1 aromatic rings. The average molecular weight is 212 g/mol. The second-order valence-electron chi connectivity index (χ2n) is 3.23. The van der Waals surface area contributed by atoms with Gasteiger partial charge in [-0.25, -0.2) is 0 Å². The number of rotatable bonds is 5. The van der Waals surface area contributed by atoms with Crippen molar-refractivity contribution >= 4 is 5.91 Å². The third-order valence-electron chi connectivity index (χ3n) is 2.04. The molecule has 0 aromatic carbocycles. The van der Waals surface area contributed by atoms with E-state index in [4.69, 9.17) is 14.9 Å². The second kappa shape index (κ2) is 5.53. The van der Waals surface area contributed by atoms with E-state index in [-0.39, 0.29) is 17.8 Å². The Balaban J connectivity index is 2.46. The molecule has 5 nitrogen and oxygen atoms in total. The van der Waals surface area contributed by atoms with Gasteiger partial charge in [-0.05, 0) is 19.1 Å². The lowest BCUT2D eigenvalue weighted by molar-refractivity contribution is 0.0845. The maximum absolute atomic E-state index is 11.5. The first-order valence-electron chi connectivity index (χ1n) is 4.77. The Hall–Kier alpha value is -1.33. The van der Waals surface area contributed by atoms with Crippen LogP contribution < -0.4 is 11.1 Å². The summed E-state index contributed by atoms with van der Waals surface area (Å²) in [4.78, 5) is 11.5. The normalized spacial score (nSPS) is 12.5. The Labute approximate surface area is 88.6 Å². The van der Waals surface area contributed by atoms with Crippen molar-refractivity contribution in [2.45, 2.75) is 19.6 Å². The van der Waals surface area contributed by atoms with Crippen LogP contribution in [0.15, 0.2) is 16.5 Å². The van der Waals surface area contributed by atoms with Crippen LogP contribution in [0.3, 0.4) is 0 Å². The van der Waals surface area contributed by atoms with Crippen molar-refractivity contribution in [3.8, 4) is 0 Å². The van der Waals surface area contributed by atoms with Crippen LogP contribution in [0.25, 0.3) is 0 Å². The molecule has 1 heterocycles. The number of furan rings is 1. The maximum atomic E-state index is 11.5. The third kappa shape index (κ3) is 3.38. The standard InChI is InChI=1S/C10H16N2O3/c1-7(14-2)6-12-10(13)9-4-3-8(5-11)15-9/h3-4,7H,5-6,11H2,1-2H3,(H,12,13). The molecule has 0 aliphatic carbocycles. The molecule has 0 radical (unpaired) electrons. The van der Waals surface area contributed by atoms with Gasteiger partial charge in [0.15, 0.2) is 5.76 Å². The van der Waals surface area contributed by atoms with E-state index >= 15 is 0 Å². The van der Waals surface area contributed by atoms with Crippen LogP contribution in [0.2, 0.25) is 0 Å². The first-order valence-corrected chi connectivity index (χ1v) is 4.77. The van der Waals surface area contributed by atoms with Crippen LogP contribution in [-0.2, 0) is 11.3 Å². The van der Waals surface area contributed by atoms with Crippen LogP contribution in [0.5, 0.6) is 0 Å². The van der Waals surface area contributed by atoms with Gasteiger partial charge in [0.05, 0.1) is 12.6 Å². The lowest BCUT2D eigenvalue weighted by atomic mass is 10.3. The van der Waals surface area contributed by atoms with Crippen molar-refractivity contribution in [3.63, 3.8) is 0 Å². The fourth-order valence-corrected chi connectivity index (χ4v) is 1.02. The van der Waals surface area contributed by atoms with E-state index < -0.39 is 0 Å². The fraction of sp³-hybridized carbons (Fsp3) is 0.500. The number of nitrogens with two attached hydrogens (primary N) is 1. The minimum Gasteiger partial charge on any atom is -0.455 e. The predicted molar refractivity (Wildman–Crippen MR) is 55.4 cm³/mol. The van der Waals surface area contributed by atoms with Gasteiger partial charge in [-0.1, -0.05) is 0 Å². The molecular formula is C10H16N2O3. The van der Waals surface area contributed by atoms with Gasteiger partial charge in [0.2, 0.25) is 0 Å². The number of carbonyl (C=O) groups is 1. The summed E-state index contributed by atoms with van der Waals surface area (Å²) < 4.78 is 10.2. The predicted octanol–water partition coefficient (Wildman–Crippen LogP) is 0.503. The van der Waals surface area contributed by atoms with E-state index in [1.165, 1.54) is 0 Å². The molecule has 15 heavy (non-hydrogen) atoms. The highest BCUT2D eigenvalue weighted by atomic mass is 16.5. The van der Waals surface area contributed by atoms with Crippen LogP contribution in [0, 0.1) is 0 Å². The van der Waals surface area contributed by atoms with Gasteiger partial charge in [-0.15, -0.1) is 0 Å². The molecular weight excluding hydrogens is 196 g/mol. The quantitative estimate of drug-likeness (QED) is 0.745. The fourth-order valence-electron chi connectivity index (χ4n) is 1.02. The number of hydrogen-bond acceptors (Lipinski definition) is 4. The van der Waals surface area contributed by atoms with Crippen molar-refractivity contribution in [2.24, 2.45) is 5.73 Å². The summed E-state index contributed by atoms with van der Waals surface area (Å²) in [6.07, 6.45) is -0.0158. The minimum absolute atomic E-state index is 0.0158. The van der Waals surface area contributed by atoms with Gasteiger partial charge >= 0.3 is 0 Å². The van der Waals surface area contributed by atoms with Crippen LogP contribution in [-0.4, -0.2) is 25.7 Å². The molecule has 0 aliphatic heterocycles. The van der Waals surface area contributed by atoms with E-state index in [1.807, 2.05) is 6.92 Å². The maximum Gasteiger partial charge on any atom is 0.287 e. The number of carbonyl (C=O) groups excluding carboxylic acids is 1. The van der Waals surface area contributed by atoms with E-state index in [1.54, 1.807) is 19.2 Å². The van der Waals surface area contributed by atoms with Crippen molar-refractivity contribution in [1.29, 1.82) is 0 Å². The molecule has 0 saturated carbocycles. The third-order valence-corrected chi connectivity index (χ3v) is 2.04. The van der Waals surface area contributed by atoms with Crippen molar-refractivity contribution in [3.05, 3.63) is 23.7 Å². The molecule has 1 aromatic heterocycles. The number of amides is 1. The summed E-state index contributed by atoms with van der Waals surface area (Å²) in [5.74, 6) is 0.622. The molecule has 1 rings (SSSR count). The minimum atomic E-state index is -0.251. The SMILES string of the molecule is COC(C)CNC(=O)c1ccc(CN)o1. The zero-order valence-corrected chi connectivity index (χ0v) is 8.95. The molecule has 84 valence electrons. The van der Waals surface area contributed by atoms with Crippen molar-refractivity contribution in [2.75, 3.05) is 13.7 Å². The van der Waals surface area contributed by atoms with Crippen molar-refractivity contribution in [1.82, 2.24) is 5.32 Å². The molecule has 0 bridgehead atoms. The molecule has 1 atom stereocenters. The molecule has 0 spiro atoms. The second-order valence-corrected chi connectivity index (χ2v) is 3.23. The van der Waals surface area contributed by atoms with Gasteiger partial charge in [0.25, 0.3) is 5.91 Å². The summed E-state index contributed by atoms with van der Waals surface area (Å²) in [5, 5.41) is 2.69. The van der Waals surface area contributed by atoms with Gasteiger partial charge in [0.1, 0.15) is 5.76 Å². The molecule has 1 amide bonds. The van der Waals surface area contributed by atoms with Gasteiger partial charge in [-0.2, -0.15) is 0 Å². The van der Waals surface area contributed by atoms with Crippen LogP contribution in [0.1, 0.15) is 23.2 Å². The zero-order chi connectivity index (χ0) is 11.3. The Morgan fingerprint density at radius 1 is 1.67 bits per heavy atom. The highest BCUT2D eigenvalue weighted by molar-refractivity contribution is 5.91. The molecule has 0 fully saturated rings. The van der Waals surface area contributed by atoms with Crippen LogP contribution in [0.4, 0.5) is 0 Å². The summed E-state index contributed by atoms with van der Waals surface area (Å²) in [6, 6.07) is 3.30. The van der Waals surface area contributed by atoms with E-state index in [0.29, 0.717) is 18.8 Å². The number of methoxy groups -OCH3 is 1. The van der Waals surface area contributed by atoms with Crippen LogP contribution >= 0.6 is 0 Å². The molecule has 5 heteroatoms. The summed E-state index contributed by atoms with van der Waals surface area (Å²) >= 11 is 0. The Bertz CT molecular complexity index is 322. The Morgan fingerprint density at radius 2 is 2.40 bits per heavy atom. The van der Waals surface area contributed by atoms with Gasteiger partial charge < -0.3 is 20.2 Å². The highest BCUT2D eigenvalue weighted by Crippen LogP contribution is 2.06. The van der Waals surface area contributed by atoms with E-state index in [2.05, 4.69) is 5.32 Å². The smallest absolute Gasteiger partial charge is 0.287 e. The highest BCUT2D eigenvalue weighted by Gasteiger charge is 2.11. The van der Waals surface area contributed by atoms with Gasteiger partial charge in [-0.3, -0.25) is 4.79 Å². The van der Waals surface area contributed by atoms with E-state index in [9.17, 15) is 4.79 Å². The lowest BCUT2D eigenvalue weighted by Crippen LogP contribution is -2.31. The summed E-state index contributed by atoms with van der Waals surface area (Å²) in [5.41, 5.74) is 5.36. The number of ether oxygens (including phenoxy) is 1. The largest absolute Gasteiger partial charge is 0.455 e. The molecule has 1 unspecified atom stereocenters. The summed E-state index contributed by atoms with van der Waals surface area (Å²) in [7, 11) is 1.59. The topological polar surface area (TPSA) is 77.5 Å². The molecule has 0 aliphatic rings. The number of nitrogens with one attached hydrogen (secondary N) is 1. The Morgan fingerprint density at radius 3 is 2.93 bits per heavy atom. The lowest BCUT2D eigenvalue weighted by Gasteiger charge is -2.09. The monoisotopic (exact) mass is 212 g/mol. The molecule has 0 saturated heterocycles. The zero-order valence-electron chi connectivity index (χ0n) is 8.95.